The van der Waals surface area contributed by atoms with Crippen LogP contribution in [0.1, 0.15) is 64.7 Å². The molecule has 0 spiro atoms. The lowest BCUT2D eigenvalue weighted by molar-refractivity contribution is 0.0892. The normalized spacial score (nSPS) is 15.4. The van der Waals surface area contributed by atoms with E-state index in [4.69, 9.17) is 4.74 Å². The number of hydrogen-bond donors (Lipinski definition) is 1. The molecule has 1 amide bonds. The number of aromatic nitrogens is 3. The second-order valence-electron chi connectivity index (χ2n) is 7.58. The fourth-order valence-corrected chi connectivity index (χ4v) is 4.16. The highest BCUT2D eigenvalue weighted by Gasteiger charge is 2.37. The first-order chi connectivity index (χ1) is 13.9. The van der Waals surface area contributed by atoms with Crippen molar-refractivity contribution in [2.24, 2.45) is 0 Å². The van der Waals surface area contributed by atoms with Gasteiger partial charge in [-0.05, 0) is 44.4 Å². The molecule has 7 nitrogen and oxygen atoms in total. The maximum absolute atomic E-state index is 13.1. The van der Waals surface area contributed by atoms with E-state index in [2.05, 4.69) is 15.4 Å². The van der Waals surface area contributed by atoms with Gasteiger partial charge in [0.2, 0.25) is 0 Å². The van der Waals surface area contributed by atoms with Crippen LogP contribution in [0.5, 0.6) is 5.75 Å². The highest BCUT2D eigenvalue weighted by molar-refractivity contribution is 5.96. The lowest BCUT2D eigenvalue weighted by Crippen LogP contribution is -2.44. The summed E-state index contributed by atoms with van der Waals surface area (Å²) in [6.45, 7) is 3.29. The van der Waals surface area contributed by atoms with Crippen molar-refractivity contribution < 1.29 is 14.3 Å². The number of amides is 1. The molecule has 4 rings (SSSR count). The van der Waals surface area contributed by atoms with Gasteiger partial charge in [0, 0.05) is 12.3 Å². The minimum Gasteiger partial charge on any atom is -0.497 e. The molecular weight excluding hydrogens is 368 g/mol. The van der Waals surface area contributed by atoms with E-state index < -0.39 is 5.54 Å². The van der Waals surface area contributed by atoms with Crippen LogP contribution in [0.25, 0.3) is 5.65 Å². The van der Waals surface area contributed by atoms with Crippen molar-refractivity contribution in [3.8, 4) is 5.75 Å². The number of ether oxygens (including phenoxy) is 1. The van der Waals surface area contributed by atoms with Crippen LogP contribution in [0.4, 0.5) is 0 Å². The molecule has 1 aliphatic carbocycles. The molecule has 1 fully saturated rings. The summed E-state index contributed by atoms with van der Waals surface area (Å²) >= 11 is 0. The number of carbonyl (C=O) groups is 2. The number of nitrogens with zero attached hydrogens (tertiary/aromatic N) is 3. The Labute approximate surface area is 169 Å². The summed E-state index contributed by atoms with van der Waals surface area (Å²) in [4.78, 5) is 29.1. The Hall–Kier alpha value is -3.22. The third-order valence-electron chi connectivity index (χ3n) is 5.79. The zero-order valence-corrected chi connectivity index (χ0v) is 16.9. The molecule has 0 unspecified atom stereocenters. The number of nitrogens with one attached hydrogen (secondary N) is 1. The smallest absolute Gasteiger partial charge is 0.272 e. The predicted molar refractivity (Wildman–Crippen MR) is 108 cm³/mol. The van der Waals surface area contributed by atoms with Crippen LogP contribution < -0.4 is 10.1 Å². The molecule has 2 heterocycles. The third-order valence-corrected chi connectivity index (χ3v) is 5.79. The van der Waals surface area contributed by atoms with E-state index in [9.17, 15) is 9.59 Å². The van der Waals surface area contributed by atoms with E-state index in [0.717, 1.165) is 37.0 Å². The van der Waals surface area contributed by atoms with Crippen LogP contribution in [0.2, 0.25) is 0 Å². The molecule has 1 N–H and O–H groups in total. The van der Waals surface area contributed by atoms with Gasteiger partial charge in [0.15, 0.2) is 17.1 Å². The molecule has 1 aromatic carbocycles. The molecule has 7 heteroatoms. The Morgan fingerprint density at radius 3 is 2.48 bits per heavy atom. The highest BCUT2D eigenvalue weighted by Crippen LogP contribution is 2.39. The van der Waals surface area contributed by atoms with Gasteiger partial charge in [0.1, 0.15) is 5.75 Å². The van der Waals surface area contributed by atoms with Gasteiger partial charge in [-0.3, -0.25) is 9.59 Å². The zero-order valence-electron chi connectivity index (χ0n) is 16.9. The fourth-order valence-electron chi connectivity index (χ4n) is 4.16. The molecule has 1 saturated carbocycles. The third kappa shape index (κ3) is 3.37. The first-order valence-corrected chi connectivity index (χ1v) is 9.77. The number of carbonyl (C=O) groups excluding carboxylic acids is 2. The summed E-state index contributed by atoms with van der Waals surface area (Å²) in [5.74, 6) is 0.469. The average molecular weight is 392 g/mol. The van der Waals surface area contributed by atoms with E-state index in [0.29, 0.717) is 22.6 Å². The summed E-state index contributed by atoms with van der Waals surface area (Å²) in [5.41, 5.74) is 2.67. The van der Waals surface area contributed by atoms with E-state index in [1.165, 1.54) is 13.1 Å². The van der Waals surface area contributed by atoms with Crippen molar-refractivity contribution >= 4 is 17.3 Å². The zero-order chi connectivity index (χ0) is 20.6. The van der Waals surface area contributed by atoms with E-state index in [1.54, 1.807) is 24.6 Å². The molecule has 3 aromatic rings. The number of ketones is 1. The molecule has 150 valence electrons. The van der Waals surface area contributed by atoms with Gasteiger partial charge < -0.3 is 10.1 Å². The maximum atomic E-state index is 13.1. The van der Waals surface area contributed by atoms with E-state index in [1.807, 2.05) is 24.3 Å². The molecule has 2 aromatic heterocycles. The summed E-state index contributed by atoms with van der Waals surface area (Å²) < 4.78 is 6.81. The number of hydrogen-bond acceptors (Lipinski definition) is 5. The first-order valence-electron chi connectivity index (χ1n) is 9.77. The van der Waals surface area contributed by atoms with Crippen molar-refractivity contribution in [1.29, 1.82) is 0 Å². The van der Waals surface area contributed by atoms with Gasteiger partial charge in [-0.15, -0.1) is 0 Å². The fraction of sp³-hybridized carbons (Fsp3) is 0.364. The van der Waals surface area contributed by atoms with Gasteiger partial charge in [-0.1, -0.05) is 25.0 Å². The van der Waals surface area contributed by atoms with Crippen LogP contribution in [0.15, 0.2) is 36.5 Å². The summed E-state index contributed by atoms with van der Waals surface area (Å²) in [7, 11) is 1.64. The number of rotatable bonds is 5. The molecule has 0 bridgehead atoms. The Kier molecular flexibility index (Phi) is 4.82. The monoisotopic (exact) mass is 392 g/mol. The molecule has 29 heavy (non-hydrogen) atoms. The van der Waals surface area contributed by atoms with E-state index >= 15 is 0 Å². The first kappa shape index (κ1) is 19.1. The van der Waals surface area contributed by atoms with Gasteiger partial charge in [0.25, 0.3) is 5.91 Å². The number of Topliss-reactive ketones (excluding diaryl/α,β-unsaturated/α-hetero) is 1. The van der Waals surface area contributed by atoms with Gasteiger partial charge in [0.05, 0.1) is 23.9 Å². The van der Waals surface area contributed by atoms with Gasteiger partial charge in [-0.25, -0.2) is 9.50 Å². The number of fused-ring (bicyclic) bond motifs is 1. The molecule has 0 aliphatic heterocycles. The van der Waals surface area contributed by atoms with Crippen molar-refractivity contribution in [2.75, 3.05) is 7.11 Å². The topological polar surface area (TPSA) is 85.6 Å². The minimum atomic E-state index is -0.411. The number of aryl methyl sites for hydroxylation is 1. The Balaban J connectivity index is 1.66. The standard InChI is InChI=1S/C22H24N4O3/c1-14-18(15(2)27)13-23-20-12-19(25-26(14)20)21(28)24-22(10-4-5-11-22)16-6-8-17(29-3)9-7-16/h6-9,12-13H,4-5,10-11H2,1-3H3,(H,24,28). The summed E-state index contributed by atoms with van der Waals surface area (Å²) in [5, 5.41) is 7.65. The maximum Gasteiger partial charge on any atom is 0.272 e. The van der Waals surface area contributed by atoms with Crippen LogP contribution in [-0.4, -0.2) is 33.4 Å². The van der Waals surface area contributed by atoms with Crippen molar-refractivity contribution in [3.63, 3.8) is 0 Å². The molecule has 0 radical (unpaired) electrons. The SMILES string of the molecule is COc1ccc(C2(NC(=O)c3cc4ncc(C(C)=O)c(C)n4n3)CCCC2)cc1. The second-order valence-corrected chi connectivity index (χ2v) is 7.58. The molecule has 0 atom stereocenters. The van der Waals surface area contributed by atoms with Crippen molar-refractivity contribution in [3.05, 3.63) is 59.0 Å². The molecular formula is C22H24N4O3. The Morgan fingerprint density at radius 1 is 1.17 bits per heavy atom. The van der Waals surface area contributed by atoms with Crippen molar-refractivity contribution in [1.82, 2.24) is 19.9 Å². The second kappa shape index (κ2) is 7.31. The van der Waals surface area contributed by atoms with Gasteiger partial charge >= 0.3 is 0 Å². The van der Waals surface area contributed by atoms with Crippen LogP contribution >= 0.6 is 0 Å². The molecule has 1 aliphatic rings. The Bertz CT molecular complexity index is 1080. The summed E-state index contributed by atoms with van der Waals surface area (Å²) in [6.07, 6.45) is 5.40. The lowest BCUT2D eigenvalue weighted by atomic mass is 9.88. The molecule has 0 saturated heterocycles. The summed E-state index contributed by atoms with van der Waals surface area (Å²) in [6, 6.07) is 9.52. The lowest BCUT2D eigenvalue weighted by Gasteiger charge is -2.31. The quantitative estimate of drug-likeness (QED) is 0.672. The van der Waals surface area contributed by atoms with Gasteiger partial charge in [-0.2, -0.15) is 5.10 Å². The predicted octanol–water partition coefficient (Wildman–Crippen LogP) is 3.45. The van der Waals surface area contributed by atoms with Crippen LogP contribution in [0.3, 0.4) is 0 Å². The largest absolute Gasteiger partial charge is 0.497 e. The van der Waals surface area contributed by atoms with E-state index in [-0.39, 0.29) is 11.7 Å². The van der Waals surface area contributed by atoms with Crippen molar-refractivity contribution in [2.45, 2.75) is 45.1 Å². The van der Waals surface area contributed by atoms with Crippen LogP contribution in [0, 0.1) is 6.92 Å². The highest BCUT2D eigenvalue weighted by atomic mass is 16.5. The number of methoxy groups -OCH3 is 1. The van der Waals surface area contributed by atoms with Crippen LogP contribution in [-0.2, 0) is 5.54 Å². The number of benzene rings is 1. The Morgan fingerprint density at radius 2 is 1.86 bits per heavy atom. The average Bonchev–Trinajstić information content (AvgIpc) is 3.36. The minimum absolute atomic E-state index is 0.0807.